The Labute approximate surface area is 117 Å². The molecule has 0 spiro atoms. The first-order valence-electron chi connectivity index (χ1n) is 7.27. The molecule has 0 amide bonds. The third kappa shape index (κ3) is 3.15. The molecule has 2 heterocycles. The molecule has 0 aromatic carbocycles. The molecule has 2 rings (SSSR count). The zero-order chi connectivity index (χ0) is 14.1. The number of rotatable bonds is 3. The molecule has 0 aliphatic carbocycles. The summed E-state index contributed by atoms with van der Waals surface area (Å²) in [4.78, 5) is 7.15. The largest absolute Gasteiger partial charge is 0.309 e. The maximum atomic E-state index is 4.56. The van der Waals surface area contributed by atoms with Gasteiger partial charge in [-0.15, -0.1) is 0 Å². The number of pyridine rings is 1. The first-order chi connectivity index (χ1) is 8.86. The van der Waals surface area contributed by atoms with Gasteiger partial charge in [0, 0.05) is 36.9 Å². The Bertz CT molecular complexity index is 441. The molecule has 1 fully saturated rings. The topological polar surface area (TPSA) is 28.2 Å². The van der Waals surface area contributed by atoms with E-state index in [0.29, 0.717) is 0 Å². The van der Waals surface area contributed by atoms with Crippen LogP contribution in [0.4, 0.5) is 0 Å². The fourth-order valence-electron chi connectivity index (χ4n) is 2.73. The molecular formula is C16H27N3. The third-order valence-electron chi connectivity index (χ3n) is 4.52. The van der Waals surface area contributed by atoms with Crippen molar-refractivity contribution in [2.75, 3.05) is 13.1 Å². The van der Waals surface area contributed by atoms with Crippen LogP contribution in [0, 0.1) is 6.92 Å². The lowest BCUT2D eigenvalue weighted by Gasteiger charge is -2.51. The van der Waals surface area contributed by atoms with Crippen molar-refractivity contribution in [3.05, 3.63) is 29.6 Å². The van der Waals surface area contributed by atoms with Crippen LogP contribution in [0.25, 0.3) is 0 Å². The summed E-state index contributed by atoms with van der Waals surface area (Å²) in [7, 11) is 0. The maximum Gasteiger partial charge on any atom is 0.0573 e. The smallest absolute Gasteiger partial charge is 0.0573 e. The number of hydrogen-bond acceptors (Lipinski definition) is 3. The molecule has 0 radical (unpaired) electrons. The molecule has 1 N–H and O–H groups in total. The second-order valence-corrected chi connectivity index (χ2v) is 6.71. The average Bonchev–Trinajstić information content (AvgIpc) is 2.37. The third-order valence-corrected chi connectivity index (χ3v) is 4.52. The highest BCUT2D eigenvalue weighted by Crippen LogP contribution is 2.28. The number of aromatic nitrogens is 1. The monoisotopic (exact) mass is 261 g/mol. The Morgan fingerprint density at radius 2 is 2.11 bits per heavy atom. The van der Waals surface area contributed by atoms with Crippen molar-refractivity contribution in [3.8, 4) is 0 Å². The maximum absolute atomic E-state index is 4.56. The van der Waals surface area contributed by atoms with Crippen molar-refractivity contribution in [1.82, 2.24) is 15.2 Å². The van der Waals surface area contributed by atoms with Gasteiger partial charge in [0.05, 0.1) is 5.69 Å². The van der Waals surface area contributed by atoms with Gasteiger partial charge in [-0.25, -0.2) is 0 Å². The second-order valence-electron chi connectivity index (χ2n) is 6.71. The highest BCUT2D eigenvalue weighted by Gasteiger charge is 2.39. The zero-order valence-corrected chi connectivity index (χ0v) is 13.0. The summed E-state index contributed by atoms with van der Waals surface area (Å²) >= 11 is 0. The summed E-state index contributed by atoms with van der Waals surface area (Å²) in [5, 5.41) is 3.67. The van der Waals surface area contributed by atoms with Crippen molar-refractivity contribution in [3.63, 3.8) is 0 Å². The molecule has 1 saturated heterocycles. The lowest BCUT2D eigenvalue weighted by Crippen LogP contribution is -2.66. The van der Waals surface area contributed by atoms with E-state index in [4.69, 9.17) is 0 Å². The molecule has 1 unspecified atom stereocenters. The molecular weight excluding hydrogens is 234 g/mol. The predicted molar refractivity (Wildman–Crippen MR) is 80.2 cm³/mol. The highest BCUT2D eigenvalue weighted by molar-refractivity contribution is 5.18. The molecule has 1 aromatic heterocycles. The standard InChI is InChI=1S/C16H27N3/c1-6-16(5)11-18-15(3,4)12-19(16)10-14-13(2)8-7-9-17-14/h7-9,18H,6,10-12H2,1-5H3. The van der Waals surface area contributed by atoms with Crippen LogP contribution in [0.1, 0.15) is 45.4 Å². The van der Waals surface area contributed by atoms with Gasteiger partial charge in [-0.1, -0.05) is 13.0 Å². The molecule has 3 heteroatoms. The van der Waals surface area contributed by atoms with Crippen molar-refractivity contribution >= 4 is 0 Å². The molecule has 1 aromatic rings. The lowest BCUT2D eigenvalue weighted by atomic mass is 9.87. The van der Waals surface area contributed by atoms with Crippen LogP contribution in [0.3, 0.4) is 0 Å². The SMILES string of the molecule is CCC1(C)CNC(C)(C)CN1Cc1ncccc1C. The number of hydrogen-bond donors (Lipinski definition) is 1. The number of piperazine rings is 1. The molecule has 3 nitrogen and oxygen atoms in total. The van der Waals surface area contributed by atoms with Gasteiger partial charge in [0.2, 0.25) is 0 Å². The predicted octanol–water partition coefficient (Wildman–Crippen LogP) is 2.74. The van der Waals surface area contributed by atoms with Crippen molar-refractivity contribution < 1.29 is 0 Å². The van der Waals surface area contributed by atoms with Crippen LogP contribution < -0.4 is 5.32 Å². The molecule has 0 saturated carbocycles. The van der Waals surface area contributed by atoms with E-state index in [9.17, 15) is 0 Å². The molecule has 19 heavy (non-hydrogen) atoms. The van der Waals surface area contributed by atoms with Gasteiger partial charge in [-0.05, 0) is 45.7 Å². The Kier molecular flexibility index (Phi) is 3.98. The van der Waals surface area contributed by atoms with E-state index in [1.54, 1.807) is 0 Å². The molecule has 1 atom stereocenters. The van der Waals surface area contributed by atoms with Gasteiger partial charge in [0.25, 0.3) is 0 Å². The van der Waals surface area contributed by atoms with E-state index in [2.05, 4.69) is 55.9 Å². The van der Waals surface area contributed by atoms with Gasteiger partial charge >= 0.3 is 0 Å². The van der Waals surface area contributed by atoms with Crippen LogP contribution >= 0.6 is 0 Å². The van der Waals surface area contributed by atoms with Crippen LogP contribution in [0.15, 0.2) is 18.3 Å². The minimum absolute atomic E-state index is 0.178. The summed E-state index contributed by atoms with van der Waals surface area (Å²) in [6, 6.07) is 4.17. The summed E-state index contributed by atoms with van der Waals surface area (Å²) in [6.07, 6.45) is 3.06. The summed E-state index contributed by atoms with van der Waals surface area (Å²) < 4.78 is 0. The van der Waals surface area contributed by atoms with Gasteiger partial charge in [0.15, 0.2) is 0 Å². The van der Waals surface area contributed by atoms with Gasteiger partial charge in [-0.3, -0.25) is 9.88 Å². The number of nitrogens with one attached hydrogen (secondary N) is 1. The quantitative estimate of drug-likeness (QED) is 0.907. The summed E-state index contributed by atoms with van der Waals surface area (Å²) in [5.74, 6) is 0. The second kappa shape index (κ2) is 5.22. The van der Waals surface area contributed by atoms with E-state index in [1.165, 1.54) is 11.3 Å². The first-order valence-corrected chi connectivity index (χ1v) is 7.27. The van der Waals surface area contributed by atoms with Crippen LogP contribution in [0.5, 0.6) is 0 Å². The number of nitrogens with zero attached hydrogens (tertiary/aromatic N) is 2. The molecule has 1 aliphatic heterocycles. The van der Waals surface area contributed by atoms with Crippen molar-refractivity contribution in [2.45, 2.75) is 58.7 Å². The highest BCUT2D eigenvalue weighted by atomic mass is 15.3. The van der Waals surface area contributed by atoms with E-state index in [1.807, 2.05) is 12.3 Å². The minimum Gasteiger partial charge on any atom is -0.309 e. The number of aryl methyl sites for hydroxylation is 1. The molecule has 1 aliphatic rings. The normalized spacial score (nSPS) is 27.4. The fraction of sp³-hybridized carbons (Fsp3) is 0.688. The molecule has 0 bridgehead atoms. The zero-order valence-electron chi connectivity index (χ0n) is 13.0. The summed E-state index contributed by atoms with van der Waals surface area (Å²) in [5.41, 5.74) is 2.90. The van der Waals surface area contributed by atoms with E-state index >= 15 is 0 Å². The Balaban J connectivity index is 2.22. The Hall–Kier alpha value is -0.930. The van der Waals surface area contributed by atoms with Gasteiger partial charge in [0.1, 0.15) is 0 Å². The fourth-order valence-corrected chi connectivity index (χ4v) is 2.73. The average molecular weight is 261 g/mol. The summed E-state index contributed by atoms with van der Waals surface area (Å²) in [6.45, 7) is 14.4. The van der Waals surface area contributed by atoms with Gasteiger partial charge < -0.3 is 5.32 Å². The van der Waals surface area contributed by atoms with Crippen molar-refractivity contribution in [2.24, 2.45) is 0 Å². The Morgan fingerprint density at radius 1 is 1.37 bits per heavy atom. The Morgan fingerprint density at radius 3 is 2.74 bits per heavy atom. The van der Waals surface area contributed by atoms with Crippen LogP contribution in [-0.2, 0) is 6.54 Å². The van der Waals surface area contributed by atoms with E-state index < -0.39 is 0 Å². The minimum atomic E-state index is 0.178. The van der Waals surface area contributed by atoms with E-state index in [0.717, 1.165) is 26.1 Å². The van der Waals surface area contributed by atoms with Crippen LogP contribution in [-0.4, -0.2) is 34.1 Å². The molecule has 106 valence electrons. The van der Waals surface area contributed by atoms with E-state index in [-0.39, 0.29) is 11.1 Å². The van der Waals surface area contributed by atoms with Crippen molar-refractivity contribution in [1.29, 1.82) is 0 Å². The van der Waals surface area contributed by atoms with Gasteiger partial charge in [-0.2, -0.15) is 0 Å². The first kappa shape index (κ1) is 14.5. The van der Waals surface area contributed by atoms with Crippen LogP contribution in [0.2, 0.25) is 0 Å². The lowest BCUT2D eigenvalue weighted by molar-refractivity contribution is 0.0164.